The smallest absolute Gasteiger partial charge is 0.320 e. The number of hydrogen-bond donors (Lipinski definition) is 1. The molecule has 1 aromatic carbocycles. The van der Waals surface area contributed by atoms with Gasteiger partial charge in [-0.15, -0.1) is 0 Å². The van der Waals surface area contributed by atoms with Crippen LogP contribution in [0.2, 0.25) is 0 Å². The van der Waals surface area contributed by atoms with Crippen LogP contribution < -0.4 is 0 Å². The molecule has 0 amide bonds. The Bertz CT molecular complexity index is 993. The van der Waals surface area contributed by atoms with Crippen LogP contribution in [0.25, 0.3) is 0 Å². The van der Waals surface area contributed by atoms with Gasteiger partial charge in [0.25, 0.3) is 0 Å². The van der Waals surface area contributed by atoms with E-state index in [4.69, 9.17) is 9.47 Å². The van der Waals surface area contributed by atoms with Gasteiger partial charge in [-0.3, -0.25) is 9.59 Å². The second-order valence-electron chi connectivity index (χ2n) is 17.8. The fourth-order valence-corrected chi connectivity index (χ4v) is 7.66. The van der Waals surface area contributed by atoms with Crippen LogP contribution in [0.5, 0.6) is 5.75 Å². The largest absolute Gasteiger partial charge is 0.508 e. The summed E-state index contributed by atoms with van der Waals surface area (Å²) in [6, 6.07) is 5.37. The van der Waals surface area contributed by atoms with Crippen molar-refractivity contribution < 1.29 is 24.2 Å². The van der Waals surface area contributed by atoms with Gasteiger partial charge in [0.2, 0.25) is 0 Å². The van der Waals surface area contributed by atoms with Gasteiger partial charge in [-0.2, -0.15) is 0 Å². The number of rotatable bonds is 38. The Morgan fingerprint density at radius 1 is 0.491 bits per heavy atom. The van der Waals surface area contributed by atoms with Crippen LogP contribution >= 0.6 is 0 Å². The minimum absolute atomic E-state index is 0.207. The molecule has 0 saturated carbocycles. The predicted molar refractivity (Wildman–Crippen MR) is 235 cm³/mol. The number of carbonyl (C=O) groups is 2. The highest BCUT2D eigenvalue weighted by Crippen LogP contribution is 2.32. The van der Waals surface area contributed by atoms with Crippen molar-refractivity contribution in [3.63, 3.8) is 0 Å². The zero-order valence-corrected chi connectivity index (χ0v) is 37.1. The molecule has 0 aliphatic rings. The molecule has 5 nitrogen and oxygen atoms in total. The Morgan fingerprint density at radius 3 is 1.07 bits per heavy atom. The highest BCUT2D eigenvalue weighted by molar-refractivity contribution is 5.95. The van der Waals surface area contributed by atoms with Crippen molar-refractivity contribution in [2.75, 3.05) is 13.2 Å². The molecule has 0 fully saturated rings. The van der Waals surface area contributed by atoms with Gasteiger partial charge in [-0.25, -0.2) is 0 Å². The summed E-state index contributed by atoms with van der Waals surface area (Å²) in [5.74, 6) is -1.77. The molecule has 0 bridgehead atoms. The van der Waals surface area contributed by atoms with Gasteiger partial charge in [0.1, 0.15) is 5.75 Å². The molecule has 1 rings (SSSR count). The Balaban J connectivity index is 2.32. The molecule has 55 heavy (non-hydrogen) atoms. The van der Waals surface area contributed by atoms with Crippen LogP contribution in [0.4, 0.5) is 0 Å². The van der Waals surface area contributed by atoms with E-state index in [0.717, 1.165) is 49.7 Å². The summed E-state index contributed by atoms with van der Waals surface area (Å²) in [6.07, 6.45) is 41.6. The predicted octanol–water partition coefficient (Wildman–Crippen LogP) is 15.5. The molecular weight excluding hydrogens is 681 g/mol. The summed E-state index contributed by atoms with van der Waals surface area (Å²) in [7, 11) is 0. The number of benzene rings is 1. The van der Waals surface area contributed by atoms with Gasteiger partial charge >= 0.3 is 11.9 Å². The lowest BCUT2D eigenvalue weighted by atomic mass is 9.84. The monoisotopic (exact) mass is 771 g/mol. The third-order valence-electron chi connectivity index (χ3n) is 11.4. The zero-order chi connectivity index (χ0) is 40.2. The second kappa shape index (κ2) is 35.1. The Labute approximate surface area is 341 Å². The van der Waals surface area contributed by atoms with E-state index >= 15 is 0 Å². The van der Waals surface area contributed by atoms with E-state index in [9.17, 15) is 14.7 Å². The van der Waals surface area contributed by atoms with E-state index in [2.05, 4.69) is 13.8 Å². The molecular formula is C50H90O5. The maximum Gasteiger partial charge on any atom is 0.320 e. The fourth-order valence-electron chi connectivity index (χ4n) is 7.66. The van der Waals surface area contributed by atoms with E-state index in [0.29, 0.717) is 13.2 Å². The van der Waals surface area contributed by atoms with Crippen molar-refractivity contribution in [2.45, 2.75) is 252 Å². The highest BCUT2D eigenvalue weighted by atomic mass is 16.6. The fraction of sp³-hybridized carbons (Fsp3) is 0.840. The van der Waals surface area contributed by atoms with Gasteiger partial charge in [0.05, 0.1) is 13.2 Å². The number of hydrogen-bond acceptors (Lipinski definition) is 5. The van der Waals surface area contributed by atoms with E-state index in [-0.39, 0.29) is 17.6 Å². The lowest BCUT2D eigenvalue weighted by molar-refractivity contribution is -0.162. The molecule has 0 heterocycles. The van der Waals surface area contributed by atoms with Gasteiger partial charge in [0.15, 0.2) is 5.92 Å². The number of aromatic hydroxyl groups is 1. The lowest BCUT2D eigenvalue weighted by Crippen LogP contribution is -2.30. The number of phenolic OH excluding ortho intramolecular Hbond substituents is 1. The molecule has 0 saturated heterocycles. The van der Waals surface area contributed by atoms with Crippen LogP contribution in [0.1, 0.15) is 251 Å². The minimum Gasteiger partial charge on any atom is -0.508 e. The summed E-state index contributed by atoms with van der Waals surface area (Å²) in [4.78, 5) is 26.6. The van der Waals surface area contributed by atoms with Crippen molar-refractivity contribution >= 4 is 11.9 Å². The second-order valence-corrected chi connectivity index (χ2v) is 17.8. The van der Waals surface area contributed by atoms with E-state index < -0.39 is 17.9 Å². The molecule has 320 valence electrons. The average Bonchev–Trinajstić information content (AvgIpc) is 3.16. The van der Waals surface area contributed by atoms with Gasteiger partial charge in [-0.1, -0.05) is 239 Å². The van der Waals surface area contributed by atoms with Gasteiger partial charge < -0.3 is 14.6 Å². The zero-order valence-electron chi connectivity index (χ0n) is 37.1. The summed E-state index contributed by atoms with van der Waals surface area (Å²) in [6.45, 7) is 11.4. The first kappa shape index (κ1) is 51.0. The normalized spacial score (nSPS) is 11.7. The molecule has 0 atom stereocenters. The molecule has 0 unspecified atom stereocenters. The Hall–Kier alpha value is -2.04. The minimum atomic E-state index is -1.00. The Kier molecular flexibility index (Phi) is 32.6. The number of carbonyl (C=O) groups excluding carboxylic acids is 2. The summed E-state index contributed by atoms with van der Waals surface area (Å²) < 4.78 is 11.4. The van der Waals surface area contributed by atoms with Crippen molar-refractivity contribution in [1.82, 2.24) is 0 Å². The molecule has 0 radical (unpaired) electrons. The van der Waals surface area contributed by atoms with Crippen molar-refractivity contribution in [3.8, 4) is 5.75 Å². The summed E-state index contributed by atoms with van der Waals surface area (Å²) in [5.41, 5.74) is 1.36. The summed E-state index contributed by atoms with van der Waals surface area (Å²) in [5, 5.41) is 10.5. The number of unbranched alkanes of at least 4 members (excludes halogenated alkanes) is 30. The quantitative estimate of drug-likeness (QED) is 0.0412. The van der Waals surface area contributed by atoms with Gasteiger partial charge in [-0.05, 0) is 41.9 Å². The third-order valence-corrected chi connectivity index (χ3v) is 11.4. The van der Waals surface area contributed by atoms with E-state index in [1.807, 2.05) is 26.8 Å². The van der Waals surface area contributed by atoms with Crippen molar-refractivity contribution in [3.05, 3.63) is 29.3 Å². The van der Waals surface area contributed by atoms with Gasteiger partial charge in [0, 0.05) is 0 Å². The maximum absolute atomic E-state index is 13.3. The third kappa shape index (κ3) is 28.9. The highest BCUT2D eigenvalue weighted by Gasteiger charge is 2.31. The van der Waals surface area contributed by atoms with Crippen LogP contribution in [-0.4, -0.2) is 30.3 Å². The molecule has 0 aliphatic heterocycles. The van der Waals surface area contributed by atoms with Crippen LogP contribution in [0.15, 0.2) is 18.2 Å². The van der Waals surface area contributed by atoms with Crippen LogP contribution in [-0.2, 0) is 30.9 Å². The molecule has 0 aliphatic carbocycles. The van der Waals surface area contributed by atoms with Crippen LogP contribution in [0.3, 0.4) is 0 Å². The number of ether oxygens (including phenoxy) is 2. The average molecular weight is 771 g/mol. The first-order valence-corrected chi connectivity index (χ1v) is 23.9. The van der Waals surface area contributed by atoms with Crippen LogP contribution in [0, 0.1) is 5.92 Å². The van der Waals surface area contributed by atoms with Crippen molar-refractivity contribution in [1.29, 1.82) is 0 Å². The first-order chi connectivity index (χ1) is 26.7. The maximum atomic E-state index is 13.3. The number of esters is 2. The van der Waals surface area contributed by atoms with Crippen molar-refractivity contribution in [2.24, 2.45) is 5.92 Å². The summed E-state index contributed by atoms with van der Waals surface area (Å²) >= 11 is 0. The Morgan fingerprint density at radius 2 is 0.782 bits per heavy atom. The molecule has 0 aromatic heterocycles. The lowest BCUT2D eigenvalue weighted by Gasteiger charge is -2.22. The standard InChI is InChI=1S/C50H90O5/c1-6-8-10-12-14-16-18-20-22-24-26-28-30-32-34-36-40-54-48(52)45(42-44-38-39-47(51)46(43-44)50(3,4)5)49(53)55-41-37-35-33-31-29-27-25-23-21-19-17-15-13-11-9-7-2/h38-39,43,45,51H,6-37,40-42H2,1-5H3. The SMILES string of the molecule is CCCCCCCCCCCCCCCCCCOC(=O)C(Cc1ccc(O)c(C(C)(C)C)c1)C(=O)OCCCCCCCCCCCCCCCCCC. The van der Waals surface area contributed by atoms with E-state index in [1.165, 1.54) is 167 Å². The molecule has 1 aromatic rings. The first-order valence-electron chi connectivity index (χ1n) is 23.9. The van der Waals surface area contributed by atoms with E-state index in [1.54, 1.807) is 12.1 Å². The molecule has 5 heteroatoms. The topological polar surface area (TPSA) is 72.8 Å². The molecule has 1 N–H and O–H groups in total. The number of phenols is 1. The molecule has 0 spiro atoms.